The maximum atomic E-state index is 12.3. The molecule has 4 nitrogen and oxygen atoms in total. The summed E-state index contributed by atoms with van der Waals surface area (Å²) in [5.74, 6) is -0.124. The molecule has 124 valence electrons. The number of benzene rings is 2. The first-order valence-electron chi connectivity index (χ1n) is 8.05. The van der Waals surface area contributed by atoms with Crippen LogP contribution in [0.3, 0.4) is 0 Å². The highest BCUT2D eigenvalue weighted by Gasteiger charge is 2.12. The van der Waals surface area contributed by atoms with Crippen LogP contribution in [0.5, 0.6) is 0 Å². The van der Waals surface area contributed by atoms with Crippen molar-refractivity contribution in [2.45, 2.75) is 32.4 Å². The molecule has 1 unspecified atom stereocenters. The Labute approximate surface area is 144 Å². The van der Waals surface area contributed by atoms with E-state index in [4.69, 9.17) is 0 Å². The number of aromatic nitrogens is 1. The van der Waals surface area contributed by atoms with Crippen LogP contribution in [0.15, 0.2) is 59.4 Å². The van der Waals surface area contributed by atoms with Crippen LogP contribution in [0.4, 0.5) is 0 Å². The Balaban J connectivity index is 1.58. The second-order valence-electron chi connectivity index (χ2n) is 5.91. The molecule has 5 heteroatoms. The lowest BCUT2D eigenvalue weighted by Crippen LogP contribution is -2.36. The van der Waals surface area contributed by atoms with Gasteiger partial charge in [0.2, 0.25) is 5.91 Å². The first-order chi connectivity index (χ1) is 11.6. The molecule has 3 rings (SSSR count). The van der Waals surface area contributed by atoms with Crippen molar-refractivity contribution in [2.24, 2.45) is 0 Å². The first-order valence-corrected chi connectivity index (χ1v) is 8.87. The number of rotatable bonds is 6. The van der Waals surface area contributed by atoms with Gasteiger partial charge in [-0.05, 0) is 37.5 Å². The molecule has 0 aliphatic rings. The van der Waals surface area contributed by atoms with E-state index in [1.807, 2.05) is 49.4 Å². The molecular weight excluding hydrogens is 320 g/mol. The molecule has 0 saturated carbocycles. The van der Waals surface area contributed by atoms with Crippen LogP contribution in [0.2, 0.25) is 0 Å². The smallest absolute Gasteiger partial charge is 0.308 e. The second kappa shape index (κ2) is 7.45. The summed E-state index contributed by atoms with van der Waals surface area (Å²) in [5, 5.41) is 2.99. The molecule has 0 spiro atoms. The van der Waals surface area contributed by atoms with Crippen molar-refractivity contribution in [1.82, 2.24) is 9.88 Å². The van der Waals surface area contributed by atoms with E-state index in [-0.39, 0.29) is 23.4 Å². The monoisotopic (exact) mass is 340 g/mol. The van der Waals surface area contributed by atoms with Gasteiger partial charge in [-0.15, -0.1) is 0 Å². The van der Waals surface area contributed by atoms with Gasteiger partial charge in [-0.3, -0.25) is 14.2 Å². The summed E-state index contributed by atoms with van der Waals surface area (Å²) in [6, 6.07) is 17.8. The van der Waals surface area contributed by atoms with Crippen LogP contribution < -0.4 is 10.2 Å². The predicted octanol–water partition coefficient (Wildman–Crippen LogP) is 3.20. The molecule has 24 heavy (non-hydrogen) atoms. The Morgan fingerprint density at radius 3 is 2.62 bits per heavy atom. The average molecular weight is 340 g/mol. The number of amides is 1. The third-order valence-corrected chi connectivity index (χ3v) is 4.95. The lowest BCUT2D eigenvalue weighted by atomic mass is 10.1. The molecule has 2 aromatic carbocycles. The molecule has 1 heterocycles. The molecule has 3 aromatic rings. The van der Waals surface area contributed by atoms with E-state index in [2.05, 4.69) is 17.4 Å². The summed E-state index contributed by atoms with van der Waals surface area (Å²) in [5.41, 5.74) is 2.08. The Morgan fingerprint density at radius 2 is 1.83 bits per heavy atom. The minimum atomic E-state index is -0.124. The summed E-state index contributed by atoms with van der Waals surface area (Å²) in [6.07, 6.45) is 1.79. The molecule has 0 aliphatic heterocycles. The van der Waals surface area contributed by atoms with E-state index in [0.717, 1.165) is 23.1 Å². The van der Waals surface area contributed by atoms with Gasteiger partial charge in [-0.2, -0.15) is 0 Å². The highest BCUT2D eigenvalue weighted by molar-refractivity contribution is 7.16. The van der Waals surface area contributed by atoms with Crippen molar-refractivity contribution in [3.05, 3.63) is 69.8 Å². The molecule has 0 radical (unpaired) electrons. The number of hydrogen-bond donors (Lipinski definition) is 1. The quantitative estimate of drug-likeness (QED) is 0.749. The van der Waals surface area contributed by atoms with E-state index in [0.29, 0.717) is 0 Å². The molecule has 1 atom stereocenters. The third kappa shape index (κ3) is 3.92. The maximum absolute atomic E-state index is 12.3. The molecular formula is C19H20N2O2S. The molecule has 0 fully saturated rings. The van der Waals surface area contributed by atoms with Gasteiger partial charge in [-0.1, -0.05) is 53.8 Å². The topological polar surface area (TPSA) is 51.1 Å². The minimum Gasteiger partial charge on any atom is -0.352 e. The van der Waals surface area contributed by atoms with Crippen molar-refractivity contribution in [3.63, 3.8) is 0 Å². The molecule has 0 aliphatic carbocycles. The maximum Gasteiger partial charge on any atom is 0.308 e. The predicted molar refractivity (Wildman–Crippen MR) is 98.5 cm³/mol. The van der Waals surface area contributed by atoms with E-state index < -0.39 is 0 Å². The van der Waals surface area contributed by atoms with Crippen molar-refractivity contribution in [1.29, 1.82) is 0 Å². The van der Waals surface area contributed by atoms with Crippen molar-refractivity contribution in [2.75, 3.05) is 0 Å². The number of hydrogen-bond acceptors (Lipinski definition) is 3. The number of nitrogens with zero attached hydrogens (tertiary/aromatic N) is 1. The molecule has 1 aromatic heterocycles. The average Bonchev–Trinajstić information content (AvgIpc) is 2.90. The molecule has 1 N–H and O–H groups in total. The summed E-state index contributed by atoms with van der Waals surface area (Å²) in [6.45, 7) is 2.06. The highest BCUT2D eigenvalue weighted by Crippen LogP contribution is 2.16. The zero-order chi connectivity index (χ0) is 16.9. The van der Waals surface area contributed by atoms with E-state index in [1.165, 1.54) is 16.9 Å². The number of aryl methyl sites for hydroxylation is 1. The number of para-hydroxylation sites is 1. The van der Waals surface area contributed by atoms with Crippen LogP contribution >= 0.6 is 11.3 Å². The Hall–Kier alpha value is -2.40. The fourth-order valence-corrected chi connectivity index (χ4v) is 3.62. The Bertz CT molecular complexity index is 883. The summed E-state index contributed by atoms with van der Waals surface area (Å²) in [4.78, 5) is 24.2. The normalized spacial score (nSPS) is 12.2. The Kier molecular flexibility index (Phi) is 5.11. The minimum absolute atomic E-state index is 0.0679. The van der Waals surface area contributed by atoms with E-state index in [9.17, 15) is 9.59 Å². The van der Waals surface area contributed by atoms with E-state index in [1.54, 1.807) is 4.57 Å². The van der Waals surface area contributed by atoms with Gasteiger partial charge < -0.3 is 5.32 Å². The van der Waals surface area contributed by atoms with Gasteiger partial charge in [-0.25, -0.2) is 0 Å². The third-order valence-electron chi connectivity index (χ3n) is 3.99. The zero-order valence-electron chi connectivity index (χ0n) is 13.6. The summed E-state index contributed by atoms with van der Waals surface area (Å²) in [7, 11) is 0. The first kappa shape index (κ1) is 16.5. The summed E-state index contributed by atoms with van der Waals surface area (Å²) < 4.78 is 2.45. The zero-order valence-corrected chi connectivity index (χ0v) is 14.4. The molecule has 1 amide bonds. The van der Waals surface area contributed by atoms with Crippen molar-refractivity contribution in [3.8, 4) is 0 Å². The van der Waals surface area contributed by atoms with Gasteiger partial charge in [0.15, 0.2) is 0 Å². The van der Waals surface area contributed by atoms with Crippen LogP contribution in [-0.4, -0.2) is 16.5 Å². The standard InChI is InChI=1S/C19H20N2O2S/c1-14(11-12-15-7-3-2-4-8-15)20-18(22)13-21-16-9-5-6-10-17(16)24-19(21)23/h2-10,14H,11-13H2,1H3,(H,20,22). The number of fused-ring (bicyclic) bond motifs is 1. The second-order valence-corrected chi connectivity index (χ2v) is 6.91. The van der Waals surface area contributed by atoms with Crippen LogP contribution in [-0.2, 0) is 17.8 Å². The largest absolute Gasteiger partial charge is 0.352 e. The van der Waals surface area contributed by atoms with Crippen LogP contribution in [0.25, 0.3) is 10.2 Å². The van der Waals surface area contributed by atoms with Gasteiger partial charge >= 0.3 is 4.87 Å². The lowest BCUT2D eigenvalue weighted by molar-refractivity contribution is -0.122. The fourth-order valence-electron chi connectivity index (χ4n) is 2.73. The lowest BCUT2D eigenvalue weighted by Gasteiger charge is -2.14. The number of carbonyl (C=O) groups is 1. The fraction of sp³-hybridized carbons (Fsp3) is 0.263. The van der Waals surface area contributed by atoms with Gasteiger partial charge in [0, 0.05) is 6.04 Å². The van der Waals surface area contributed by atoms with Crippen molar-refractivity contribution < 1.29 is 4.79 Å². The number of nitrogens with one attached hydrogen (secondary N) is 1. The van der Waals surface area contributed by atoms with Gasteiger partial charge in [0.05, 0.1) is 10.2 Å². The van der Waals surface area contributed by atoms with Crippen LogP contribution in [0.1, 0.15) is 18.9 Å². The number of thiazole rings is 1. The SMILES string of the molecule is CC(CCc1ccccc1)NC(=O)Cn1c(=O)sc2ccccc21. The van der Waals surface area contributed by atoms with Gasteiger partial charge in [0.1, 0.15) is 6.54 Å². The van der Waals surface area contributed by atoms with Gasteiger partial charge in [0.25, 0.3) is 0 Å². The molecule has 0 saturated heterocycles. The highest BCUT2D eigenvalue weighted by atomic mass is 32.1. The van der Waals surface area contributed by atoms with E-state index >= 15 is 0 Å². The summed E-state index contributed by atoms with van der Waals surface area (Å²) >= 11 is 1.17. The van der Waals surface area contributed by atoms with Crippen molar-refractivity contribution >= 4 is 27.5 Å². The van der Waals surface area contributed by atoms with Crippen LogP contribution in [0, 0.1) is 0 Å². The Morgan fingerprint density at radius 1 is 1.12 bits per heavy atom. The molecule has 0 bridgehead atoms. The number of carbonyl (C=O) groups excluding carboxylic acids is 1.